The zero-order chi connectivity index (χ0) is 15.6. The van der Waals surface area contributed by atoms with E-state index in [2.05, 4.69) is 26.1 Å². The molecule has 3 N–H and O–H groups in total. The predicted molar refractivity (Wildman–Crippen MR) is 83.2 cm³/mol. The van der Waals surface area contributed by atoms with Crippen LogP contribution in [0.5, 0.6) is 0 Å². The Balaban J connectivity index is 2.20. The molecule has 2 bridgehead atoms. The molecule has 0 aromatic carbocycles. The van der Waals surface area contributed by atoms with Crippen molar-refractivity contribution in [3.8, 4) is 0 Å². The highest BCUT2D eigenvalue weighted by Crippen LogP contribution is 2.62. The molecule has 3 atom stereocenters. The summed E-state index contributed by atoms with van der Waals surface area (Å²) in [5.41, 5.74) is 5.56. The third-order valence-electron chi connectivity index (χ3n) is 6.72. The molecule has 0 aromatic heterocycles. The first kappa shape index (κ1) is 15.8. The van der Waals surface area contributed by atoms with Crippen molar-refractivity contribution < 1.29 is 4.79 Å². The fraction of sp³-hybridized carbons (Fsp3) is 0.941. The van der Waals surface area contributed by atoms with Crippen molar-refractivity contribution in [2.75, 3.05) is 0 Å². The summed E-state index contributed by atoms with van der Waals surface area (Å²) < 4.78 is 0. The molecule has 0 radical (unpaired) electrons. The lowest BCUT2D eigenvalue weighted by molar-refractivity contribution is -0.135. The fourth-order valence-electron chi connectivity index (χ4n) is 4.27. The molecule has 3 heteroatoms. The Hall–Kier alpha value is -0.570. The van der Waals surface area contributed by atoms with Crippen LogP contribution in [-0.2, 0) is 4.79 Å². The van der Waals surface area contributed by atoms with Gasteiger partial charge in [-0.05, 0) is 63.7 Å². The molecule has 0 heterocycles. The fourth-order valence-corrected chi connectivity index (χ4v) is 4.27. The summed E-state index contributed by atoms with van der Waals surface area (Å²) in [6.45, 7) is 14.7. The van der Waals surface area contributed by atoms with E-state index in [9.17, 15) is 4.79 Å². The van der Waals surface area contributed by atoms with E-state index in [1.807, 2.05) is 27.7 Å². The number of hydrogen-bond donors (Lipinski definition) is 2. The summed E-state index contributed by atoms with van der Waals surface area (Å²) in [6.07, 6.45) is 3.79. The van der Waals surface area contributed by atoms with E-state index in [1.165, 1.54) is 19.3 Å². The van der Waals surface area contributed by atoms with Gasteiger partial charge in [-0.2, -0.15) is 0 Å². The number of hydrogen-bond acceptors (Lipinski definition) is 2. The van der Waals surface area contributed by atoms with Crippen LogP contribution in [0.2, 0.25) is 0 Å². The second-order valence-electron chi connectivity index (χ2n) is 9.17. The molecule has 3 unspecified atom stereocenters. The van der Waals surface area contributed by atoms with E-state index in [0.29, 0.717) is 0 Å². The van der Waals surface area contributed by atoms with Crippen molar-refractivity contribution in [1.82, 2.24) is 5.32 Å². The third-order valence-corrected chi connectivity index (χ3v) is 6.72. The van der Waals surface area contributed by atoms with Gasteiger partial charge in [0.05, 0.1) is 5.41 Å². The van der Waals surface area contributed by atoms with Crippen LogP contribution in [-0.4, -0.2) is 17.5 Å². The third kappa shape index (κ3) is 2.09. The van der Waals surface area contributed by atoms with Crippen LogP contribution in [0.3, 0.4) is 0 Å². The SMILES string of the molecule is CC12CCC(C1)C(C)(C)C2NC(=O)C(C)(C)C(C)(C)N. The Bertz CT molecular complexity index is 414. The maximum atomic E-state index is 12.8. The lowest BCUT2D eigenvalue weighted by atomic mass is 9.67. The van der Waals surface area contributed by atoms with Crippen LogP contribution < -0.4 is 11.1 Å². The molecule has 1 amide bonds. The molecule has 0 saturated heterocycles. The second kappa shape index (κ2) is 4.22. The number of rotatable bonds is 3. The molecule has 0 aromatic rings. The first-order chi connectivity index (χ1) is 8.82. The number of carbonyl (C=O) groups excluding carboxylic acids is 1. The van der Waals surface area contributed by atoms with Gasteiger partial charge in [0.2, 0.25) is 5.91 Å². The topological polar surface area (TPSA) is 55.1 Å². The van der Waals surface area contributed by atoms with E-state index in [0.717, 1.165) is 5.92 Å². The number of nitrogens with two attached hydrogens (primary N) is 1. The Kier molecular flexibility index (Phi) is 3.34. The summed E-state index contributed by atoms with van der Waals surface area (Å²) >= 11 is 0. The second-order valence-corrected chi connectivity index (χ2v) is 9.17. The minimum absolute atomic E-state index is 0.0943. The quantitative estimate of drug-likeness (QED) is 0.834. The molecule has 2 aliphatic carbocycles. The van der Waals surface area contributed by atoms with Gasteiger partial charge in [-0.15, -0.1) is 0 Å². The summed E-state index contributed by atoms with van der Waals surface area (Å²) in [4.78, 5) is 12.8. The monoisotopic (exact) mass is 280 g/mol. The average Bonchev–Trinajstić information content (AvgIpc) is 2.73. The first-order valence-corrected chi connectivity index (χ1v) is 7.92. The maximum Gasteiger partial charge on any atom is 0.227 e. The summed E-state index contributed by atoms with van der Waals surface area (Å²) in [5.74, 6) is 0.837. The van der Waals surface area contributed by atoms with Gasteiger partial charge in [-0.3, -0.25) is 4.79 Å². The molecule has 2 aliphatic rings. The Labute approximate surface area is 124 Å². The number of amides is 1. The van der Waals surface area contributed by atoms with Crippen LogP contribution in [0.1, 0.15) is 67.7 Å². The molecule has 0 aliphatic heterocycles. The van der Waals surface area contributed by atoms with Gasteiger partial charge >= 0.3 is 0 Å². The number of nitrogens with one attached hydrogen (secondary N) is 1. The Morgan fingerprint density at radius 1 is 1.20 bits per heavy atom. The van der Waals surface area contributed by atoms with Crippen LogP contribution in [0.4, 0.5) is 0 Å². The van der Waals surface area contributed by atoms with Crippen molar-refractivity contribution in [2.24, 2.45) is 27.9 Å². The van der Waals surface area contributed by atoms with E-state index in [4.69, 9.17) is 5.73 Å². The van der Waals surface area contributed by atoms with Crippen molar-refractivity contribution in [2.45, 2.75) is 79.3 Å². The van der Waals surface area contributed by atoms with E-state index in [1.54, 1.807) is 0 Å². The van der Waals surface area contributed by atoms with Gasteiger partial charge in [0.1, 0.15) is 0 Å². The smallest absolute Gasteiger partial charge is 0.227 e. The Morgan fingerprint density at radius 3 is 2.15 bits per heavy atom. The minimum atomic E-state index is -0.568. The van der Waals surface area contributed by atoms with Gasteiger partial charge in [0.15, 0.2) is 0 Å². The highest BCUT2D eigenvalue weighted by Gasteiger charge is 2.60. The lowest BCUT2D eigenvalue weighted by Gasteiger charge is -2.46. The largest absolute Gasteiger partial charge is 0.352 e. The first-order valence-electron chi connectivity index (χ1n) is 7.92. The molecule has 2 rings (SSSR count). The van der Waals surface area contributed by atoms with Crippen molar-refractivity contribution in [3.63, 3.8) is 0 Å². The number of carbonyl (C=O) groups is 1. The molecular formula is C17H32N2O. The van der Waals surface area contributed by atoms with Crippen LogP contribution >= 0.6 is 0 Å². The van der Waals surface area contributed by atoms with Crippen molar-refractivity contribution in [3.05, 3.63) is 0 Å². The normalized spacial score (nSPS) is 36.2. The van der Waals surface area contributed by atoms with Crippen LogP contribution in [0.25, 0.3) is 0 Å². The van der Waals surface area contributed by atoms with Crippen molar-refractivity contribution in [1.29, 1.82) is 0 Å². The molecule has 2 saturated carbocycles. The molecule has 0 spiro atoms. The molecule has 2 fully saturated rings. The minimum Gasteiger partial charge on any atom is -0.352 e. The van der Waals surface area contributed by atoms with Crippen LogP contribution in [0, 0.1) is 22.2 Å². The molecular weight excluding hydrogens is 248 g/mol. The number of fused-ring (bicyclic) bond motifs is 2. The van der Waals surface area contributed by atoms with E-state index in [-0.39, 0.29) is 22.8 Å². The summed E-state index contributed by atoms with van der Waals surface area (Å²) in [5, 5.41) is 3.37. The molecule has 20 heavy (non-hydrogen) atoms. The highest BCUT2D eigenvalue weighted by molar-refractivity contribution is 5.83. The predicted octanol–water partition coefficient (Wildman–Crippen LogP) is 3.08. The average molecular weight is 280 g/mol. The van der Waals surface area contributed by atoms with Gasteiger partial charge in [0.25, 0.3) is 0 Å². The van der Waals surface area contributed by atoms with Crippen LogP contribution in [0.15, 0.2) is 0 Å². The van der Waals surface area contributed by atoms with Crippen molar-refractivity contribution >= 4 is 5.91 Å². The Morgan fingerprint density at radius 2 is 1.75 bits per heavy atom. The van der Waals surface area contributed by atoms with E-state index < -0.39 is 11.0 Å². The standard InChI is InChI=1S/C17H32N2O/c1-14(2)11-8-9-17(7,10-11)12(14)19-13(20)15(3,4)16(5,6)18/h11-12H,8-10,18H2,1-7H3,(H,19,20). The lowest BCUT2D eigenvalue weighted by Crippen LogP contribution is -2.61. The van der Waals surface area contributed by atoms with Gasteiger partial charge in [-0.25, -0.2) is 0 Å². The highest BCUT2D eigenvalue weighted by atomic mass is 16.2. The van der Waals surface area contributed by atoms with Gasteiger partial charge in [0, 0.05) is 11.6 Å². The zero-order valence-electron chi connectivity index (χ0n) is 14.3. The van der Waals surface area contributed by atoms with Gasteiger partial charge in [-0.1, -0.05) is 20.8 Å². The molecule has 116 valence electrons. The maximum absolute atomic E-state index is 12.8. The summed E-state index contributed by atoms with van der Waals surface area (Å²) in [6, 6.07) is 0.267. The summed E-state index contributed by atoms with van der Waals surface area (Å²) in [7, 11) is 0. The van der Waals surface area contributed by atoms with E-state index >= 15 is 0 Å². The zero-order valence-corrected chi connectivity index (χ0v) is 14.3. The molecule has 3 nitrogen and oxygen atoms in total. The van der Waals surface area contributed by atoms with Gasteiger partial charge < -0.3 is 11.1 Å².